The first-order valence-corrected chi connectivity index (χ1v) is 8.59. The summed E-state index contributed by atoms with van der Waals surface area (Å²) >= 11 is 0. The Balaban J connectivity index is 1.89. The van der Waals surface area contributed by atoms with Crippen molar-refractivity contribution in [2.75, 3.05) is 26.2 Å². The highest BCUT2D eigenvalue weighted by Gasteiger charge is 2.35. The van der Waals surface area contributed by atoms with E-state index in [0.29, 0.717) is 11.5 Å². The third-order valence-corrected chi connectivity index (χ3v) is 5.31. The zero-order chi connectivity index (χ0) is 13.7. The summed E-state index contributed by atoms with van der Waals surface area (Å²) < 4.78 is 0. The Bertz CT molecular complexity index is 256. The van der Waals surface area contributed by atoms with Gasteiger partial charge in [0, 0.05) is 25.7 Å². The average molecular weight is 266 g/mol. The molecule has 0 aromatic rings. The molecule has 0 amide bonds. The van der Waals surface area contributed by atoms with Crippen LogP contribution >= 0.6 is 0 Å². The summed E-state index contributed by atoms with van der Waals surface area (Å²) in [6, 6.07) is 0.626. The quantitative estimate of drug-likeness (QED) is 0.789. The molecule has 1 N–H and O–H groups in total. The largest absolute Gasteiger partial charge is 0.314 e. The Hall–Kier alpha value is -0.0800. The van der Waals surface area contributed by atoms with Gasteiger partial charge in [-0.15, -0.1) is 0 Å². The van der Waals surface area contributed by atoms with Crippen molar-refractivity contribution in [3.05, 3.63) is 0 Å². The van der Waals surface area contributed by atoms with E-state index in [1.807, 2.05) is 0 Å². The number of nitrogens with zero attached hydrogens (tertiary/aromatic N) is 1. The highest BCUT2D eigenvalue weighted by atomic mass is 15.2. The first kappa shape index (κ1) is 15.3. The molecule has 1 saturated carbocycles. The molecule has 0 spiro atoms. The molecule has 0 bridgehead atoms. The topological polar surface area (TPSA) is 15.3 Å². The van der Waals surface area contributed by atoms with Gasteiger partial charge in [-0.1, -0.05) is 46.5 Å². The smallest absolute Gasteiger partial charge is 0.00503 e. The van der Waals surface area contributed by atoms with Crippen molar-refractivity contribution in [2.45, 2.75) is 71.8 Å². The summed E-state index contributed by atoms with van der Waals surface area (Å²) in [6.07, 6.45) is 10.1. The van der Waals surface area contributed by atoms with Crippen molar-refractivity contribution in [3.8, 4) is 0 Å². The summed E-state index contributed by atoms with van der Waals surface area (Å²) in [5, 5.41) is 3.73. The molecule has 19 heavy (non-hydrogen) atoms. The van der Waals surface area contributed by atoms with E-state index in [2.05, 4.69) is 31.0 Å². The molecule has 2 fully saturated rings. The van der Waals surface area contributed by atoms with Crippen molar-refractivity contribution in [3.63, 3.8) is 0 Å². The second-order valence-electron chi connectivity index (χ2n) is 7.39. The van der Waals surface area contributed by atoms with Crippen molar-refractivity contribution in [2.24, 2.45) is 11.3 Å². The van der Waals surface area contributed by atoms with Gasteiger partial charge in [0.25, 0.3) is 0 Å². The van der Waals surface area contributed by atoms with Gasteiger partial charge in [-0.2, -0.15) is 0 Å². The van der Waals surface area contributed by atoms with Crippen LogP contribution in [0, 0.1) is 11.3 Å². The second-order valence-corrected chi connectivity index (χ2v) is 7.39. The maximum atomic E-state index is 3.73. The van der Waals surface area contributed by atoms with E-state index in [-0.39, 0.29) is 0 Å². The molecule has 0 radical (unpaired) electrons. The molecular formula is C17H34N2. The van der Waals surface area contributed by atoms with Crippen molar-refractivity contribution in [1.82, 2.24) is 10.2 Å². The molecule has 2 rings (SSSR count). The molecule has 2 heteroatoms. The fourth-order valence-corrected chi connectivity index (χ4v) is 3.98. The van der Waals surface area contributed by atoms with E-state index in [0.717, 1.165) is 5.92 Å². The van der Waals surface area contributed by atoms with Crippen LogP contribution < -0.4 is 5.32 Å². The minimum Gasteiger partial charge on any atom is -0.314 e. The van der Waals surface area contributed by atoms with Gasteiger partial charge in [0.05, 0.1) is 0 Å². The molecular weight excluding hydrogens is 232 g/mol. The third kappa shape index (κ3) is 4.46. The highest BCUT2D eigenvalue weighted by Crippen LogP contribution is 2.38. The Kier molecular flexibility index (Phi) is 5.70. The van der Waals surface area contributed by atoms with E-state index in [1.165, 1.54) is 71.1 Å². The van der Waals surface area contributed by atoms with Gasteiger partial charge in [0.2, 0.25) is 0 Å². The summed E-state index contributed by atoms with van der Waals surface area (Å²) in [6.45, 7) is 12.2. The highest BCUT2D eigenvalue weighted by molar-refractivity contribution is 4.90. The first-order chi connectivity index (χ1) is 9.13. The Morgan fingerprint density at radius 3 is 2.53 bits per heavy atom. The van der Waals surface area contributed by atoms with E-state index >= 15 is 0 Å². The van der Waals surface area contributed by atoms with Crippen LogP contribution in [-0.4, -0.2) is 37.1 Å². The number of hydrogen-bond donors (Lipinski definition) is 1. The second kappa shape index (κ2) is 7.08. The van der Waals surface area contributed by atoms with Crippen molar-refractivity contribution < 1.29 is 0 Å². The van der Waals surface area contributed by atoms with Crippen LogP contribution in [-0.2, 0) is 0 Å². The van der Waals surface area contributed by atoms with Crippen molar-refractivity contribution in [1.29, 1.82) is 0 Å². The SMILES string of the molecule is CCC1CCN(CC2(CNC(C)C)CCCCC2)C1. The van der Waals surface area contributed by atoms with Gasteiger partial charge in [0.15, 0.2) is 0 Å². The number of rotatable bonds is 6. The molecule has 0 aromatic carbocycles. The number of nitrogens with one attached hydrogen (secondary N) is 1. The van der Waals surface area contributed by atoms with Crippen LogP contribution in [0.25, 0.3) is 0 Å². The predicted molar refractivity (Wildman–Crippen MR) is 83.5 cm³/mol. The van der Waals surface area contributed by atoms with Gasteiger partial charge in [-0.05, 0) is 37.1 Å². The lowest BCUT2D eigenvalue weighted by atomic mass is 9.73. The molecule has 1 saturated heterocycles. The first-order valence-electron chi connectivity index (χ1n) is 8.59. The van der Waals surface area contributed by atoms with Gasteiger partial charge >= 0.3 is 0 Å². The maximum absolute atomic E-state index is 3.73. The predicted octanol–water partition coefficient (Wildman–Crippen LogP) is 3.67. The third-order valence-electron chi connectivity index (χ3n) is 5.31. The molecule has 1 unspecified atom stereocenters. The molecule has 1 heterocycles. The lowest BCUT2D eigenvalue weighted by Gasteiger charge is -2.41. The molecule has 1 aliphatic heterocycles. The summed E-state index contributed by atoms with van der Waals surface area (Å²) in [4.78, 5) is 2.77. The van der Waals surface area contributed by atoms with Crippen LogP contribution in [0.5, 0.6) is 0 Å². The van der Waals surface area contributed by atoms with Gasteiger partial charge in [-0.25, -0.2) is 0 Å². The Morgan fingerprint density at radius 2 is 1.95 bits per heavy atom. The van der Waals surface area contributed by atoms with E-state index in [1.54, 1.807) is 0 Å². The van der Waals surface area contributed by atoms with Crippen LogP contribution in [0.1, 0.15) is 65.7 Å². The molecule has 2 nitrogen and oxygen atoms in total. The summed E-state index contributed by atoms with van der Waals surface area (Å²) in [5.74, 6) is 0.971. The lowest BCUT2D eigenvalue weighted by Crippen LogP contribution is -2.46. The molecule has 1 aliphatic carbocycles. The Labute approximate surface area is 120 Å². The average Bonchev–Trinajstić information content (AvgIpc) is 2.85. The maximum Gasteiger partial charge on any atom is 0.00503 e. The monoisotopic (exact) mass is 266 g/mol. The minimum absolute atomic E-state index is 0.575. The lowest BCUT2D eigenvalue weighted by molar-refractivity contribution is 0.112. The summed E-state index contributed by atoms with van der Waals surface area (Å²) in [5.41, 5.74) is 0.575. The number of hydrogen-bond acceptors (Lipinski definition) is 2. The van der Waals surface area contributed by atoms with Crippen molar-refractivity contribution >= 4 is 0 Å². The molecule has 1 atom stereocenters. The van der Waals surface area contributed by atoms with E-state index in [4.69, 9.17) is 0 Å². The zero-order valence-electron chi connectivity index (χ0n) is 13.4. The zero-order valence-corrected chi connectivity index (χ0v) is 13.4. The van der Waals surface area contributed by atoms with Gasteiger partial charge < -0.3 is 10.2 Å². The number of likely N-dealkylation sites (tertiary alicyclic amines) is 1. The van der Waals surface area contributed by atoms with Crippen LogP contribution in [0.2, 0.25) is 0 Å². The fraction of sp³-hybridized carbons (Fsp3) is 1.00. The molecule has 0 aromatic heterocycles. The van der Waals surface area contributed by atoms with Crippen LogP contribution in [0.4, 0.5) is 0 Å². The van der Waals surface area contributed by atoms with Crippen LogP contribution in [0.15, 0.2) is 0 Å². The van der Waals surface area contributed by atoms with E-state index < -0.39 is 0 Å². The van der Waals surface area contributed by atoms with Gasteiger partial charge in [-0.3, -0.25) is 0 Å². The van der Waals surface area contributed by atoms with Gasteiger partial charge in [0.1, 0.15) is 0 Å². The molecule has 112 valence electrons. The van der Waals surface area contributed by atoms with E-state index in [9.17, 15) is 0 Å². The fourth-order valence-electron chi connectivity index (χ4n) is 3.98. The Morgan fingerprint density at radius 1 is 1.21 bits per heavy atom. The summed E-state index contributed by atoms with van der Waals surface area (Å²) in [7, 11) is 0. The standard InChI is InChI=1S/C17H34N2/c1-4-16-8-11-19(12-16)14-17(13-18-15(2)3)9-6-5-7-10-17/h15-16,18H,4-14H2,1-3H3. The minimum atomic E-state index is 0.575. The van der Waals surface area contributed by atoms with Crippen LogP contribution in [0.3, 0.4) is 0 Å². The molecule has 2 aliphatic rings. The normalized spacial score (nSPS) is 28.1.